The first-order chi connectivity index (χ1) is 10.5. The summed E-state index contributed by atoms with van der Waals surface area (Å²) in [4.78, 5) is 25.7. The minimum atomic E-state index is -0.948. The predicted molar refractivity (Wildman–Crippen MR) is 75.3 cm³/mol. The second-order valence-corrected chi connectivity index (χ2v) is 5.80. The minimum Gasteiger partial charge on any atom is -0.493 e. The van der Waals surface area contributed by atoms with E-state index >= 15 is 0 Å². The maximum absolute atomic E-state index is 13.7. The highest BCUT2D eigenvalue weighted by Gasteiger charge is 2.56. The molecule has 0 bridgehead atoms. The molecule has 0 aliphatic carbocycles. The lowest BCUT2D eigenvalue weighted by Gasteiger charge is -2.23. The highest BCUT2D eigenvalue weighted by atomic mass is 19.1. The third kappa shape index (κ3) is 2.04. The lowest BCUT2D eigenvalue weighted by atomic mass is 9.81. The van der Waals surface area contributed by atoms with E-state index in [1.165, 1.54) is 30.2 Å². The van der Waals surface area contributed by atoms with Gasteiger partial charge >= 0.3 is 5.97 Å². The summed E-state index contributed by atoms with van der Waals surface area (Å²) in [7, 11) is 1.30. The second-order valence-electron chi connectivity index (χ2n) is 5.80. The summed E-state index contributed by atoms with van der Waals surface area (Å²) < 4.78 is 18.7. The van der Waals surface area contributed by atoms with Crippen molar-refractivity contribution >= 4 is 11.9 Å². The molecule has 1 amide bonds. The molecular formula is C15H17FN2O4. The van der Waals surface area contributed by atoms with Gasteiger partial charge in [0.1, 0.15) is 5.41 Å². The summed E-state index contributed by atoms with van der Waals surface area (Å²) in [5, 5.41) is 12.6. The number of carbonyl (C=O) groups is 2. The zero-order chi connectivity index (χ0) is 15.9. The van der Waals surface area contributed by atoms with Gasteiger partial charge in [-0.2, -0.15) is 0 Å². The molecule has 0 saturated carbocycles. The predicted octanol–water partition coefficient (Wildman–Crippen LogP) is 0.581. The SMILES string of the molecule is COc1c(F)cccc1C(=O)N1C[C@H]2CNC[C@@]2(C(=O)O)C1. The van der Waals surface area contributed by atoms with E-state index in [1.807, 2.05) is 0 Å². The largest absolute Gasteiger partial charge is 0.493 e. The molecule has 2 atom stereocenters. The monoisotopic (exact) mass is 308 g/mol. The number of rotatable bonds is 3. The molecule has 2 aliphatic rings. The first kappa shape index (κ1) is 14.8. The van der Waals surface area contributed by atoms with Gasteiger partial charge in [0.25, 0.3) is 5.91 Å². The average molecular weight is 308 g/mol. The fraction of sp³-hybridized carbons (Fsp3) is 0.467. The standard InChI is InChI=1S/C15H17FN2O4/c1-22-12-10(3-2-4-11(12)16)13(19)18-6-9-5-17-7-15(9,8-18)14(20)21/h2-4,9,17H,5-8H2,1H3,(H,20,21)/t9-,15-/m1/s1. The number of hydrogen-bond acceptors (Lipinski definition) is 4. The van der Waals surface area contributed by atoms with Crippen LogP contribution in [0.15, 0.2) is 18.2 Å². The van der Waals surface area contributed by atoms with Crippen molar-refractivity contribution < 1.29 is 23.8 Å². The van der Waals surface area contributed by atoms with Gasteiger partial charge in [-0.1, -0.05) is 6.07 Å². The van der Waals surface area contributed by atoms with Crippen LogP contribution >= 0.6 is 0 Å². The zero-order valence-corrected chi connectivity index (χ0v) is 12.1. The Labute approximate surface area is 126 Å². The maximum atomic E-state index is 13.7. The van der Waals surface area contributed by atoms with Gasteiger partial charge in [-0.15, -0.1) is 0 Å². The topological polar surface area (TPSA) is 78.9 Å². The van der Waals surface area contributed by atoms with Crippen LogP contribution in [0.5, 0.6) is 5.75 Å². The Morgan fingerprint density at radius 3 is 2.91 bits per heavy atom. The van der Waals surface area contributed by atoms with Gasteiger partial charge < -0.3 is 20.1 Å². The van der Waals surface area contributed by atoms with Crippen molar-refractivity contribution in [3.8, 4) is 5.75 Å². The molecule has 7 heteroatoms. The number of carboxylic acid groups (broad SMARTS) is 1. The number of para-hydroxylation sites is 1. The molecular weight excluding hydrogens is 291 g/mol. The van der Waals surface area contributed by atoms with Crippen LogP contribution < -0.4 is 10.1 Å². The third-order valence-electron chi connectivity index (χ3n) is 4.64. The van der Waals surface area contributed by atoms with E-state index in [1.54, 1.807) is 0 Å². The molecule has 2 aliphatic heterocycles. The average Bonchev–Trinajstić information content (AvgIpc) is 3.04. The number of methoxy groups -OCH3 is 1. The number of benzene rings is 1. The van der Waals surface area contributed by atoms with Gasteiger partial charge in [0.2, 0.25) is 0 Å². The Kier molecular flexibility index (Phi) is 3.52. The fourth-order valence-electron chi connectivity index (χ4n) is 3.43. The van der Waals surface area contributed by atoms with Crippen LogP contribution in [0.25, 0.3) is 0 Å². The molecule has 2 N–H and O–H groups in total. The molecule has 2 saturated heterocycles. The Morgan fingerprint density at radius 1 is 1.50 bits per heavy atom. The van der Waals surface area contributed by atoms with E-state index in [0.29, 0.717) is 19.6 Å². The summed E-state index contributed by atoms with van der Waals surface area (Å²) in [6.07, 6.45) is 0. The number of amides is 1. The number of ether oxygens (including phenoxy) is 1. The first-order valence-corrected chi connectivity index (χ1v) is 7.05. The van der Waals surface area contributed by atoms with Gasteiger partial charge in [-0.3, -0.25) is 9.59 Å². The second kappa shape index (κ2) is 5.24. The smallest absolute Gasteiger partial charge is 0.313 e. The molecule has 0 unspecified atom stereocenters. The van der Waals surface area contributed by atoms with E-state index in [9.17, 15) is 19.1 Å². The Morgan fingerprint density at radius 2 is 2.27 bits per heavy atom. The Bertz CT molecular complexity index is 636. The van der Waals surface area contributed by atoms with Crippen molar-refractivity contribution in [3.05, 3.63) is 29.6 Å². The van der Waals surface area contributed by atoms with Gasteiger partial charge in [-0.25, -0.2) is 4.39 Å². The Hall–Kier alpha value is -2.15. The van der Waals surface area contributed by atoms with Crippen LogP contribution in [0.4, 0.5) is 4.39 Å². The lowest BCUT2D eigenvalue weighted by Crippen LogP contribution is -2.41. The number of aliphatic carboxylic acids is 1. The van der Waals surface area contributed by atoms with Crippen molar-refractivity contribution in [3.63, 3.8) is 0 Å². The van der Waals surface area contributed by atoms with Crippen LogP contribution in [0, 0.1) is 17.2 Å². The van der Waals surface area contributed by atoms with Gasteiger partial charge in [0, 0.05) is 32.1 Å². The third-order valence-corrected chi connectivity index (χ3v) is 4.64. The molecule has 0 spiro atoms. The van der Waals surface area contributed by atoms with E-state index in [0.717, 1.165) is 0 Å². The van der Waals surface area contributed by atoms with Gasteiger partial charge in [0.05, 0.1) is 12.7 Å². The van der Waals surface area contributed by atoms with Crippen LogP contribution in [0.2, 0.25) is 0 Å². The summed E-state index contributed by atoms with van der Waals surface area (Å²) in [5.41, 5.74) is -0.827. The van der Waals surface area contributed by atoms with Crippen LogP contribution in [-0.4, -0.2) is 55.2 Å². The van der Waals surface area contributed by atoms with Crippen molar-refractivity contribution in [2.75, 3.05) is 33.3 Å². The maximum Gasteiger partial charge on any atom is 0.313 e. The van der Waals surface area contributed by atoms with Crippen LogP contribution in [-0.2, 0) is 4.79 Å². The van der Waals surface area contributed by atoms with Gasteiger partial charge in [-0.05, 0) is 12.1 Å². The van der Waals surface area contributed by atoms with E-state index < -0.39 is 23.1 Å². The highest BCUT2D eigenvalue weighted by Crippen LogP contribution is 2.40. The van der Waals surface area contributed by atoms with Crippen molar-refractivity contribution in [1.82, 2.24) is 10.2 Å². The van der Waals surface area contributed by atoms with Crippen molar-refractivity contribution in [2.45, 2.75) is 0 Å². The quantitative estimate of drug-likeness (QED) is 0.854. The number of carbonyl (C=O) groups excluding carboxylic acids is 1. The minimum absolute atomic E-state index is 0.105. The Balaban J connectivity index is 1.89. The molecule has 3 rings (SSSR count). The number of fused-ring (bicyclic) bond motifs is 1. The highest BCUT2D eigenvalue weighted by molar-refractivity contribution is 5.97. The number of nitrogens with one attached hydrogen (secondary N) is 1. The summed E-state index contributed by atoms with van der Waals surface area (Å²) in [5.74, 6) is -2.14. The summed E-state index contributed by atoms with van der Waals surface area (Å²) >= 11 is 0. The lowest BCUT2D eigenvalue weighted by molar-refractivity contribution is -0.148. The van der Waals surface area contributed by atoms with Crippen LogP contribution in [0.3, 0.4) is 0 Å². The zero-order valence-electron chi connectivity index (χ0n) is 12.1. The molecule has 0 aromatic heterocycles. The van der Waals surface area contributed by atoms with Crippen molar-refractivity contribution in [1.29, 1.82) is 0 Å². The van der Waals surface area contributed by atoms with E-state index in [2.05, 4.69) is 5.32 Å². The normalized spacial score (nSPS) is 26.8. The molecule has 2 heterocycles. The number of likely N-dealkylation sites (tertiary alicyclic amines) is 1. The number of hydrogen-bond donors (Lipinski definition) is 2. The van der Waals surface area contributed by atoms with E-state index in [4.69, 9.17) is 4.74 Å². The first-order valence-electron chi connectivity index (χ1n) is 7.05. The number of nitrogens with zero attached hydrogens (tertiary/aromatic N) is 1. The molecule has 22 heavy (non-hydrogen) atoms. The molecule has 0 radical (unpaired) electrons. The molecule has 1 aromatic carbocycles. The number of carboxylic acids is 1. The van der Waals surface area contributed by atoms with Crippen LogP contribution in [0.1, 0.15) is 10.4 Å². The molecule has 1 aromatic rings. The molecule has 6 nitrogen and oxygen atoms in total. The summed E-state index contributed by atoms with van der Waals surface area (Å²) in [6, 6.07) is 4.15. The summed E-state index contributed by atoms with van der Waals surface area (Å²) in [6.45, 7) is 1.38. The molecule has 118 valence electrons. The van der Waals surface area contributed by atoms with Crippen molar-refractivity contribution in [2.24, 2.45) is 11.3 Å². The van der Waals surface area contributed by atoms with E-state index in [-0.39, 0.29) is 23.8 Å². The van der Waals surface area contributed by atoms with Gasteiger partial charge in [0.15, 0.2) is 11.6 Å². The number of halogens is 1. The molecule has 2 fully saturated rings. The fourth-order valence-corrected chi connectivity index (χ4v) is 3.43.